The van der Waals surface area contributed by atoms with Gasteiger partial charge >= 0.3 is 5.97 Å². The van der Waals surface area contributed by atoms with Gasteiger partial charge in [0.05, 0.1) is 13.7 Å². The third kappa shape index (κ3) is 4.66. The van der Waals surface area contributed by atoms with Crippen molar-refractivity contribution in [1.29, 1.82) is 0 Å². The summed E-state index contributed by atoms with van der Waals surface area (Å²) in [6.07, 6.45) is 0. The molecule has 3 rings (SSSR count). The summed E-state index contributed by atoms with van der Waals surface area (Å²) in [5.41, 5.74) is 0.0926. The van der Waals surface area contributed by atoms with Gasteiger partial charge in [0.15, 0.2) is 11.5 Å². The summed E-state index contributed by atoms with van der Waals surface area (Å²) in [6.45, 7) is 1.89. The molecule has 0 unspecified atom stereocenters. The maximum absolute atomic E-state index is 12.4. The van der Waals surface area contributed by atoms with E-state index in [2.05, 4.69) is 5.16 Å². The minimum absolute atomic E-state index is 0.0926. The number of nitrogens with zero attached hydrogens (tertiary/aromatic N) is 2. The van der Waals surface area contributed by atoms with Crippen molar-refractivity contribution in [2.24, 2.45) is 0 Å². The Morgan fingerprint density at radius 1 is 1.10 bits per heavy atom. The molecule has 3 aromatic rings. The van der Waals surface area contributed by atoms with Gasteiger partial charge < -0.3 is 23.6 Å². The van der Waals surface area contributed by atoms with E-state index in [1.165, 1.54) is 18.0 Å². The van der Waals surface area contributed by atoms with Crippen LogP contribution in [0.4, 0.5) is 0 Å². The number of rotatable bonds is 8. The molecule has 29 heavy (non-hydrogen) atoms. The van der Waals surface area contributed by atoms with E-state index in [9.17, 15) is 9.59 Å². The zero-order valence-corrected chi connectivity index (χ0v) is 16.5. The van der Waals surface area contributed by atoms with E-state index in [1.54, 1.807) is 14.0 Å². The summed E-state index contributed by atoms with van der Waals surface area (Å²) in [7, 11) is 3.11. The lowest BCUT2D eigenvalue weighted by Crippen LogP contribution is -2.33. The second-order valence-electron chi connectivity index (χ2n) is 6.24. The normalized spacial score (nSPS) is 10.6. The van der Waals surface area contributed by atoms with Gasteiger partial charge in [0.2, 0.25) is 0 Å². The molecule has 0 spiro atoms. The molecule has 0 aliphatic heterocycles. The SMILES string of the molecule is CCOC(=O)CN(C)C(=O)c1cc(COc2ccc(OC)c3ccccc23)on1. The quantitative estimate of drug-likeness (QED) is 0.539. The van der Waals surface area contributed by atoms with Gasteiger partial charge in [-0.05, 0) is 19.1 Å². The van der Waals surface area contributed by atoms with E-state index in [1.807, 2.05) is 36.4 Å². The molecule has 0 bridgehead atoms. The van der Waals surface area contributed by atoms with Gasteiger partial charge in [-0.2, -0.15) is 0 Å². The molecule has 1 aromatic heterocycles. The number of carbonyl (C=O) groups excluding carboxylic acids is 2. The Labute approximate surface area is 167 Å². The molecule has 0 aliphatic rings. The maximum atomic E-state index is 12.4. The number of esters is 1. The molecule has 152 valence electrons. The predicted molar refractivity (Wildman–Crippen MR) is 105 cm³/mol. The van der Waals surface area contributed by atoms with Gasteiger partial charge in [0, 0.05) is 23.9 Å². The van der Waals surface area contributed by atoms with Crippen molar-refractivity contribution in [3.63, 3.8) is 0 Å². The highest BCUT2D eigenvalue weighted by atomic mass is 16.5. The minimum Gasteiger partial charge on any atom is -0.496 e. The highest BCUT2D eigenvalue weighted by molar-refractivity contribution is 5.94. The fourth-order valence-electron chi connectivity index (χ4n) is 2.85. The van der Waals surface area contributed by atoms with Crippen molar-refractivity contribution >= 4 is 22.6 Å². The van der Waals surface area contributed by atoms with E-state index < -0.39 is 11.9 Å². The zero-order valence-electron chi connectivity index (χ0n) is 16.5. The molecule has 0 saturated carbocycles. The van der Waals surface area contributed by atoms with E-state index in [0.29, 0.717) is 11.5 Å². The molecule has 0 N–H and O–H groups in total. The standard InChI is InChI=1S/C21H22N2O6/c1-4-27-20(24)12-23(2)21(25)17-11-14(29-22-17)13-28-19-10-9-18(26-3)15-7-5-6-8-16(15)19/h5-11H,4,12-13H2,1-3H3. The van der Waals surface area contributed by atoms with Crippen LogP contribution in [-0.4, -0.2) is 49.2 Å². The van der Waals surface area contributed by atoms with Gasteiger partial charge in [-0.15, -0.1) is 0 Å². The van der Waals surface area contributed by atoms with Gasteiger partial charge in [0.25, 0.3) is 5.91 Å². The van der Waals surface area contributed by atoms with Crippen LogP contribution >= 0.6 is 0 Å². The first-order chi connectivity index (χ1) is 14.0. The Morgan fingerprint density at radius 2 is 1.79 bits per heavy atom. The highest BCUT2D eigenvalue weighted by Gasteiger charge is 2.20. The van der Waals surface area contributed by atoms with Gasteiger partial charge in [-0.3, -0.25) is 9.59 Å². The summed E-state index contributed by atoms with van der Waals surface area (Å²) in [4.78, 5) is 25.1. The van der Waals surface area contributed by atoms with Crippen LogP contribution in [0.15, 0.2) is 47.0 Å². The number of amides is 1. The summed E-state index contributed by atoms with van der Waals surface area (Å²) >= 11 is 0. The molecule has 0 atom stereocenters. The Morgan fingerprint density at radius 3 is 2.48 bits per heavy atom. The second kappa shape index (κ2) is 9.09. The van der Waals surface area contributed by atoms with Crippen molar-refractivity contribution in [2.45, 2.75) is 13.5 Å². The van der Waals surface area contributed by atoms with Gasteiger partial charge in [0.1, 0.15) is 24.7 Å². The van der Waals surface area contributed by atoms with Gasteiger partial charge in [-0.1, -0.05) is 29.4 Å². The topological polar surface area (TPSA) is 91.1 Å². The third-order valence-corrected chi connectivity index (χ3v) is 4.23. The number of likely N-dealkylation sites (N-methyl/N-ethyl adjacent to an activating group) is 1. The highest BCUT2D eigenvalue weighted by Crippen LogP contribution is 2.33. The third-order valence-electron chi connectivity index (χ3n) is 4.23. The molecule has 8 heteroatoms. The molecular weight excluding hydrogens is 376 g/mol. The van der Waals surface area contributed by atoms with Crippen LogP contribution in [0.5, 0.6) is 11.5 Å². The smallest absolute Gasteiger partial charge is 0.325 e. The first-order valence-electron chi connectivity index (χ1n) is 9.08. The summed E-state index contributed by atoms with van der Waals surface area (Å²) in [5.74, 6) is 0.873. The summed E-state index contributed by atoms with van der Waals surface area (Å²) in [5, 5.41) is 5.61. The van der Waals surface area contributed by atoms with Crippen LogP contribution in [0.2, 0.25) is 0 Å². The summed E-state index contributed by atoms with van der Waals surface area (Å²) in [6, 6.07) is 12.9. The molecule has 8 nitrogen and oxygen atoms in total. The van der Waals surface area contributed by atoms with E-state index in [0.717, 1.165) is 16.5 Å². The molecule has 2 aromatic carbocycles. The predicted octanol–water partition coefficient (Wildman–Crippen LogP) is 3.05. The largest absolute Gasteiger partial charge is 0.496 e. The van der Waals surface area contributed by atoms with Crippen LogP contribution in [0.3, 0.4) is 0 Å². The molecule has 0 aliphatic carbocycles. The average molecular weight is 398 g/mol. The number of aromatic nitrogens is 1. The number of methoxy groups -OCH3 is 1. The molecule has 1 amide bonds. The van der Waals surface area contributed by atoms with E-state index in [4.69, 9.17) is 18.7 Å². The van der Waals surface area contributed by atoms with Crippen molar-refractivity contribution in [1.82, 2.24) is 10.1 Å². The van der Waals surface area contributed by atoms with Crippen molar-refractivity contribution in [2.75, 3.05) is 27.3 Å². The Bertz CT molecular complexity index is 1010. The van der Waals surface area contributed by atoms with Crippen molar-refractivity contribution in [3.8, 4) is 11.5 Å². The van der Waals surface area contributed by atoms with E-state index in [-0.39, 0.29) is 25.5 Å². The number of hydrogen-bond acceptors (Lipinski definition) is 7. The number of ether oxygens (including phenoxy) is 3. The summed E-state index contributed by atoms with van der Waals surface area (Å²) < 4.78 is 21.3. The number of benzene rings is 2. The number of fused-ring (bicyclic) bond motifs is 1. The molecule has 0 radical (unpaired) electrons. The number of hydrogen-bond donors (Lipinski definition) is 0. The second-order valence-corrected chi connectivity index (χ2v) is 6.24. The minimum atomic E-state index is -0.484. The fraction of sp³-hybridized carbons (Fsp3) is 0.286. The Balaban J connectivity index is 1.68. The lowest BCUT2D eigenvalue weighted by molar-refractivity contribution is -0.143. The van der Waals surface area contributed by atoms with Crippen molar-refractivity contribution in [3.05, 3.63) is 53.9 Å². The maximum Gasteiger partial charge on any atom is 0.325 e. The average Bonchev–Trinajstić information content (AvgIpc) is 3.20. The van der Waals surface area contributed by atoms with E-state index >= 15 is 0 Å². The number of carbonyl (C=O) groups is 2. The fourth-order valence-corrected chi connectivity index (χ4v) is 2.85. The van der Waals surface area contributed by atoms with Crippen LogP contribution in [-0.2, 0) is 16.1 Å². The Kier molecular flexibility index (Phi) is 6.33. The molecule has 1 heterocycles. The van der Waals surface area contributed by atoms with Crippen molar-refractivity contribution < 1.29 is 28.3 Å². The first kappa shape index (κ1) is 20.2. The van der Waals surface area contributed by atoms with Crippen LogP contribution < -0.4 is 9.47 Å². The van der Waals surface area contributed by atoms with Crippen LogP contribution in [0.1, 0.15) is 23.2 Å². The molecule has 0 fully saturated rings. The zero-order chi connectivity index (χ0) is 20.8. The lowest BCUT2D eigenvalue weighted by atomic mass is 10.1. The van der Waals surface area contributed by atoms with Crippen LogP contribution in [0.25, 0.3) is 10.8 Å². The first-order valence-corrected chi connectivity index (χ1v) is 9.08. The monoisotopic (exact) mass is 398 g/mol. The molecular formula is C21H22N2O6. The molecule has 0 saturated heterocycles. The lowest BCUT2D eigenvalue weighted by Gasteiger charge is -2.13. The Hall–Kier alpha value is -3.55. The van der Waals surface area contributed by atoms with Gasteiger partial charge in [-0.25, -0.2) is 0 Å². The van der Waals surface area contributed by atoms with Crippen LogP contribution in [0, 0.1) is 0 Å².